The molecule has 2 aromatic heterocycles. The summed E-state index contributed by atoms with van der Waals surface area (Å²) >= 11 is 0. The Balaban J connectivity index is 1.85. The fourth-order valence-electron chi connectivity index (χ4n) is 3.65. The van der Waals surface area contributed by atoms with E-state index in [0.29, 0.717) is 27.8 Å². The summed E-state index contributed by atoms with van der Waals surface area (Å²) in [4.78, 5) is 38.6. The van der Waals surface area contributed by atoms with Gasteiger partial charge in [-0.15, -0.1) is 0 Å². The van der Waals surface area contributed by atoms with E-state index >= 15 is 0 Å². The minimum atomic E-state index is -0.582. The van der Waals surface area contributed by atoms with Gasteiger partial charge < -0.3 is 9.88 Å². The van der Waals surface area contributed by atoms with Crippen molar-refractivity contribution < 1.29 is 4.79 Å². The Labute approximate surface area is 177 Å². The molecule has 0 aliphatic rings. The molecular weight excluding hydrogens is 394 g/mol. The summed E-state index contributed by atoms with van der Waals surface area (Å²) in [5, 5.41) is 11.8. The molecule has 1 amide bonds. The predicted octanol–water partition coefficient (Wildman–Crippen LogP) is 2.22. The summed E-state index contributed by atoms with van der Waals surface area (Å²) in [6, 6.07) is 17.9. The van der Waals surface area contributed by atoms with E-state index in [9.17, 15) is 14.4 Å². The molecule has 0 radical (unpaired) electrons. The average Bonchev–Trinajstić information content (AvgIpc) is 3.13. The number of nitrogens with zero attached hydrogens (tertiary/aromatic N) is 4. The van der Waals surface area contributed by atoms with E-state index in [0.717, 1.165) is 10.1 Å². The third-order valence-corrected chi connectivity index (χ3v) is 5.11. The average molecular weight is 413 g/mol. The van der Waals surface area contributed by atoms with Crippen LogP contribution in [0.25, 0.3) is 22.2 Å². The van der Waals surface area contributed by atoms with E-state index in [1.807, 2.05) is 36.4 Å². The van der Waals surface area contributed by atoms with Gasteiger partial charge in [-0.1, -0.05) is 36.4 Å². The number of amides is 1. The van der Waals surface area contributed by atoms with Crippen LogP contribution in [0, 0.1) is 11.3 Å². The number of anilines is 1. The number of fused-ring (bicyclic) bond motifs is 1. The molecule has 4 rings (SSSR count). The van der Waals surface area contributed by atoms with Gasteiger partial charge in [-0.05, 0) is 23.8 Å². The Morgan fingerprint density at radius 1 is 1.03 bits per heavy atom. The van der Waals surface area contributed by atoms with E-state index in [1.54, 1.807) is 42.1 Å². The van der Waals surface area contributed by atoms with Crippen molar-refractivity contribution >= 4 is 22.6 Å². The molecule has 31 heavy (non-hydrogen) atoms. The van der Waals surface area contributed by atoms with Crippen molar-refractivity contribution in [1.29, 1.82) is 5.26 Å². The number of hydrogen-bond acceptors (Lipinski definition) is 4. The number of rotatable bonds is 4. The second-order valence-electron chi connectivity index (χ2n) is 7.19. The molecule has 4 aromatic rings. The van der Waals surface area contributed by atoms with Crippen LogP contribution in [0.2, 0.25) is 0 Å². The zero-order valence-electron chi connectivity index (χ0n) is 17.0. The van der Waals surface area contributed by atoms with Crippen molar-refractivity contribution in [2.45, 2.75) is 6.54 Å². The number of carbonyl (C=O) groups is 1. The van der Waals surface area contributed by atoms with Gasteiger partial charge in [0.15, 0.2) is 0 Å². The van der Waals surface area contributed by atoms with Crippen LogP contribution in [0.15, 0.2) is 70.4 Å². The number of nitrogens with one attached hydrogen (secondary N) is 1. The van der Waals surface area contributed by atoms with E-state index in [-0.39, 0.29) is 6.54 Å². The second kappa shape index (κ2) is 7.80. The molecule has 0 aliphatic heterocycles. The van der Waals surface area contributed by atoms with Crippen LogP contribution in [-0.2, 0) is 25.4 Å². The SMILES string of the molecule is Cn1c(=O)c2c(c(-c3ccccc3)cn2C)n(CC(=O)Nc2cccc(C#N)c2)c1=O. The third kappa shape index (κ3) is 3.53. The molecule has 2 heterocycles. The molecular formula is C23H19N5O3. The highest BCUT2D eigenvalue weighted by Crippen LogP contribution is 2.27. The predicted molar refractivity (Wildman–Crippen MR) is 118 cm³/mol. The topological polar surface area (TPSA) is 102 Å². The molecule has 0 bridgehead atoms. The van der Waals surface area contributed by atoms with Gasteiger partial charge in [0.1, 0.15) is 12.1 Å². The molecule has 0 saturated carbocycles. The van der Waals surface area contributed by atoms with Gasteiger partial charge in [0.05, 0.1) is 17.1 Å². The molecule has 0 fully saturated rings. The van der Waals surface area contributed by atoms with Gasteiger partial charge in [-0.25, -0.2) is 4.79 Å². The Hall–Kier alpha value is -4.38. The first-order valence-electron chi connectivity index (χ1n) is 9.55. The van der Waals surface area contributed by atoms with Gasteiger partial charge in [0, 0.05) is 31.5 Å². The number of hydrogen-bond donors (Lipinski definition) is 1. The van der Waals surface area contributed by atoms with Gasteiger partial charge in [0.25, 0.3) is 5.56 Å². The molecule has 0 saturated heterocycles. The highest BCUT2D eigenvalue weighted by atomic mass is 16.2. The number of aromatic nitrogens is 3. The molecule has 0 spiro atoms. The summed E-state index contributed by atoms with van der Waals surface area (Å²) in [6.07, 6.45) is 1.78. The first-order chi connectivity index (χ1) is 14.9. The highest BCUT2D eigenvalue weighted by Gasteiger charge is 2.20. The summed E-state index contributed by atoms with van der Waals surface area (Å²) in [6.45, 7) is -0.288. The van der Waals surface area contributed by atoms with Crippen molar-refractivity contribution in [3.05, 3.63) is 87.2 Å². The molecule has 8 nitrogen and oxygen atoms in total. The molecule has 0 atom stereocenters. The standard InChI is InChI=1S/C23H19N5O3/c1-26-13-18(16-8-4-3-5-9-16)20-21(26)22(30)27(2)23(31)28(20)14-19(29)25-17-10-6-7-15(11-17)12-24/h3-11,13H,14H2,1-2H3,(H,25,29). The minimum absolute atomic E-state index is 0.288. The van der Waals surface area contributed by atoms with Gasteiger partial charge in [0.2, 0.25) is 5.91 Å². The van der Waals surface area contributed by atoms with Crippen LogP contribution in [0.5, 0.6) is 0 Å². The Morgan fingerprint density at radius 3 is 2.48 bits per heavy atom. The highest BCUT2D eigenvalue weighted by molar-refractivity contribution is 5.95. The summed E-state index contributed by atoms with van der Waals surface area (Å²) < 4.78 is 3.98. The zero-order chi connectivity index (χ0) is 22.1. The lowest BCUT2D eigenvalue weighted by molar-refractivity contribution is -0.116. The van der Waals surface area contributed by atoms with Crippen molar-refractivity contribution in [1.82, 2.24) is 13.7 Å². The van der Waals surface area contributed by atoms with E-state index < -0.39 is 17.2 Å². The molecule has 0 aliphatic carbocycles. The fraction of sp³-hybridized carbons (Fsp3) is 0.130. The number of nitriles is 1. The Morgan fingerprint density at radius 2 is 1.77 bits per heavy atom. The molecule has 1 N–H and O–H groups in total. The number of benzene rings is 2. The number of aryl methyl sites for hydroxylation is 1. The fourth-order valence-corrected chi connectivity index (χ4v) is 3.65. The first kappa shape index (κ1) is 19.9. The Kier molecular flexibility index (Phi) is 5.01. The van der Waals surface area contributed by atoms with Gasteiger partial charge in [-0.3, -0.25) is 18.7 Å². The van der Waals surface area contributed by atoms with Crippen LogP contribution >= 0.6 is 0 Å². The lowest BCUT2D eigenvalue weighted by Gasteiger charge is -2.12. The van der Waals surface area contributed by atoms with Crippen LogP contribution < -0.4 is 16.6 Å². The van der Waals surface area contributed by atoms with Crippen LogP contribution in [0.4, 0.5) is 5.69 Å². The molecule has 2 aromatic carbocycles. The summed E-state index contributed by atoms with van der Waals surface area (Å²) in [5.41, 5.74) is 2.11. The Bertz CT molecular complexity index is 1470. The third-order valence-electron chi connectivity index (χ3n) is 5.11. The largest absolute Gasteiger partial charge is 0.344 e. The lowest BCUT2D eigenvalue weighted by atomic mass is 10.1. The van der Waals surface area contributed by atoms with E-state index in [4.69, 9.17) is 5.26 Å². The first-order valence-corrected chi connectivity index (χ1v) is 9.55. The zero-order valence-corrected chi connectivity index (χ0v) is 17.0. The van der Waals surface area contributed by atoms with Crippen molar-refractivity contribution in [3.8, 4) is 17.2 Å². The van der Waals surface area contributed by atoms with Crippen LogP contribution in [0.1, 0.15) is 5.56 Å². The molecule has 8 heteroatoms. The van der Waals surface area contributed by atoms with Gasteiger partial charge in [-0.2, -0.15) is 5.26 Å². The smallest absolute Gasteiger partial charge is 0.331 e. The molecule has 154 valence electrons. The van der Waals surface area contributed by atoms with Crippen molar-refractivity contribution in [3.63, 3.8) is 0 Å². The van der Waals surface area contributed by atoms with Crippen molar-refractivity contribution in [2.75, 3.05) is 5.32 Å². The normalized spacial score (nSPS) is 10.7. The maximum Gasteiger partial charge on any atom is 0.331 e. The quantitative estimate of drug-likeness (QED) is 0.554. The summed E-state index contributed by atoms with van der Waals surface area (Å²) in [7, 11) is 3.13. The van der Waals surface area contributed by atoms with E-state index in [1.165, 1.54) is 11.6 Å². The maximum atomic E-state index is 13.0. The summed E-state index contributed by atoms with van der Waals surface area (Å²) in [5.74, 6) is -0.444. The minimum Gasteiger partial charge on any atom is -0.344 e. The second-order valence-corrected chi connectivity index (χ2v) is 7.19. The van der Waals surface area contributed by atoms with E-state index in [2.05, 4.69) is 5.32 Å². The van der Waals surface area contributed by atoms with Gasteiger partial charge >= 0.3 is 5.69 Å². The molecule has 0 unspecified atom stereocenters. The maximum absolute atomic E-state index is 13.0. The van der Waals surface area contributed by atoms with Crippen LogP contribution in [-0.4, -0.2) is 19.6 Å². The van der Waals surface area contributed by atoms with Crippen molar-refractivity contribution in [2.24, 2.45) is 14.1 Å². The lowest BCUT2D eigenvalue weighted by Crippen LogP contribution is -2.40. The monoisotopic (exact) mass is 413 g/mol. The number of carbonyl (C=O) groups excluding carboxylic acids is 1. The van der Waals surface area contributed by atoms with Crippen LogP contribution in [0.3, 0.4) is 0 Å².